The summed E-state index contributed by atoms with van der Waals surface area (Å²) in [4.78, 5) is 38.6. The van der Waals surface area contributed by atoms with Gasteiger partial charge in [0.1, 0.15) is 0 Å². The quantitative estimate of drug-likeness (QED) is 0.693. The molecule has 1 aliphatic carbocycles. The third kappa shape index (κ3) is 4.93. The maximum atomic E-state index is 12.3. The van der Waals surface area contributed by atoms with E-state index < -0.39 is 11.9 Å². The van der Waals surface area contributed by atoms with Crippen molar-refractivity contribution in [3.63, 3.8) is 0 Å². The van der Waals surface area contributed by atoms with Gasteiger partial charge in [0.15, 0.2) is 6.61 Å². The highest BCUT2D eigenvalue weighted by molar-refractivity contribution is 9.10. The third-order valence-corrected chi connectivity index (χ3v) is 6.82. The van der Waals surface area contributed by atoms with Crippen molar-refractivity contribution in [1.82, 2.24) is 4.90 Å². The molecule has 7 heteroatoms. The van der Waals surface area contributed by atoms with Crippen molar-refractivity contribution in [2.75, 3.05) is 18.5 Å². The van der Waals surface area contributed by atoms with Crippen LogP contribution in [-0.2, 0) is 19.1 Å². The van der Waals surface area contributed by atoms with Gasteiger partial charge in [-0.2, -0.15) is 0 Å². The van der Waals surface area contributed by atoms with E-state index in [-0.39, 0.29) is 30.9 Å². The van der Waals surface area contributed by atoms with E-state index in [1.807, 2.05) is 30.9 Å². The van der Waals surface area contributed by atoms with Crippen LogP contribution in [0, 0.1) is 19.8 Å². The number of esters is 1. The smallest absolute Gasteiger partial charge is 0.311 e. The zero-order valence-corrected chi connectivity index (χ0v) is 18.0. The summed E-state index contributed by atoms with van der Waals surface area (Å²) in [6.45, 7) is 3.96. The molecule has 1 aromatic rings. The predicted molar refractivity (Wildman–Crippen MR) is 110 cm³/mol. The summed E-state index contributed by atoms with van der Waals surface area (Å²) in [6, 6.07) is 3.97. The van der Waals surface area contributed by atoms with Crippen LogP contribution in [0.1, 0.15) is 49.7 Å². The number of hydrogen-bond donors (Lipinski definition) is 1. The van der Waals surface area contributed by atoms with E-state index in [4.69, 9.17) is 4.74 Å². The molecule has 0 aromatic heterocycles. The topological polar surface area (TPSA) is 75.7 Å². The van der Waals surface area contributed by atoms with E-state index in [2.05, 4.69) is 21.2 Å². The predicted octanol–water partition coefficient (Wildman–Crippen LogP) is 3.73. The normalized spacial score (nSPS) is 20.3. The number of ether oxygens (including phenoxy) is 1. The SMILES string of the molecule is Cc1cc(NC(=O)COC(=O)[C@@H]2CC(=O)N(C3CCCCC3)C2)cc(C)c1Br. The Balaban J connectivity index is 1.48. The Labute approximate surface area is 174 Å². The molecular weight excluding hydrogens is 424 g/mol. The fourth-order valence-corrected chi connectivity index (χ4v) is 4.33. The monoisotopic (exact) mass is 450 g/mol. The van der Waals surface area contributed by atoms with Crippen LogP contribution >= 0.6 is 15.9 Å². The average molecular weight is 451 g/mol. The summed E-state index contributed by atoms with van der Waals surface area (Å²) >= 11 is 3.49. The van der Waals surface area contributed by atoms with E-state index in [0.717, 1.165) is 41.3 Å². The first-order valence-corrected chi connectivity index (χ1v) is 10.7. The van der Waals surface area contributed by atoms with E-state index in [1.165, 1.54) is 6.42 Å². The number of nitrogens with one attached hydrogen (secondary N) is 1. The number of nitrogens with zero attached hydrogens (tertiary/aromatic N) is 1. The summed E-state index contributed by atoms with van der Waals surface area (Å²) in [5.74, 6) is -1.30. The molecule has 3 rings (SSSR count). The fraction of sp³-hybridized carbons (Fsp3) is 0.571. The Bertz CT molecular complexity index is 751. The zero-order valence-electron chi connectivity index (χ0n) is 16.4. The van der Waals surface area contributed by atoms with E-state index in [1.54, 1.807) is 0 Å². The average Bonchev–Trinajstić information content (AvgIpc) is 3.06. The van der Waals surface area contributed by atoms with Crippen LogP contribution in [0.2, 0.25) is 0 Å². The number of benzene rings is 1. The molecule has 0 bridgehead atoms. The van der Waals surface area contributed by atoms with Crippen LogP contribution in [0.4, 0.5) is 5.69 Å². The van der Waals surface area contributed by atoms with Crippen molar-refractivity contribution in [2.24, 2.45) is 5.92 Å². The molecule has 2 aliphatic rings. The van der Waals surface area contributed by atoms with Crippen molar-refractivity contribution in [2.45, 2.75) is 58.4 Å². The van der Waals surface area contributed by atoms with Crippen molar-refractivity contribution >= 4 is 39.4 Å². The van der Waals surface area contributed by atoms with Gasteiger partial charge in [0.2, 0.25) is 5.91 Å². The molecule has 1 saturated carbocycles. The number of aryl methyl sites for hydroxylation is 2. The summed E-state index contributed by atoms with van der Waals surface area (Å²) < 4.78 is 6.19. The maximum absolute atomic E-state index is 12.3. The largest absolute Gasteiger partial charge is 0.455 e. The second-order valence-corrected chi connectivity index (χ2v) is 8.61. The van der Waals surface area contributed by atoms with Crippen molar-refractivity contribution < 1.29 is 19.1 Å². The molecule has 0 spiro atoms. The first kappa shape index (κ1) is 20.8. The molecular formula is C21H27BrN2O4. The molecule has 1 aromatic carbocycles. The molecule has 152 valence electrons. The lowest BCUT2D eigenvalue weighted by atomic mass is 9.94. The minimum Gasteiger partial charge on any atom is -0.455 e. The number of amides is 2. The summed E-state index contributed by atoms with van der Waals surface area (Å²) in [5.41, 5.74) is 2.69. The molecule has 1 N–H and O–H groups in total. The Hall–Kier alpha value is -1.89. The van der Waals surface area contributed by atoms with Crippen LogP contribution < -0.4 is 5.32 Å². The molecule has 1 heterocycles. The highest BCUT2D eigenvalue weighted by Gasteiger charge is 2.39. The lowest BCUT2D eigenvalue weighted by Gasteiger charge is -2.31. The van der Waals surface area contributed by atoms with Gasteiger partial charge in [0, 0.05) is 29.2 Å². The second kappa shape index (κ2) is 9.07. The van der Waals surface area contributed by atoms with Crippen molar-refractivity contribution in [1.29, 1.82) is 0 Å². The second-order valence-electron chi connectivity index (χ2n) is 7.82. The van der Waals surface area contributed by atoms with Gasteiger partial charge in [0.05, 0.1) is 5.92 Å². The summed E-state index contributed by atoms with van der Waals surface area (Å²) in [6.07, 6.45) is 5.71. The van der Waals surface area contributed by atoms with Gasteiger partial charge in [-0.15, -0.1) is 0 Å². The maximum Gasteiger partial charge on any atom is 0.311 e. The summed E-state index contributed by atoms with van der Waals surface area (Å²) in [5, 5.41) is 2.75. The fourth-order valence-electron chi connectivity index (χ4n) is 4.10. The van der Waals surface area contributed by atoms with Gasteiger partial charge in [-0.05, 0) is 49.9 Å². The Morgan fingerprint density at radius 3 is 2.46 bits per heavy atom. The van der Waals surface area contributed by atoms with Crippen LogP contribution in [0.25, 0.3) is 0 Å². The standard InChI is InChI=1S/C21H27BrN2O4/c1-13-8-16(9-14(2)20(13)22)23-18(25)12-28-21(27)15-10-19(26)24(11-15)17-6-4-3-5-7-17/h8-9,15,17H,3-7,10-12H2,1-2H3,(H,23,25)/t15-/m1/s1. The van der Waals surface area contributed by atoms with Gasteiger partial charge in [0.25, 0.3) is 5.91 Å². The minimum absolute atomic E-state index is 0.0270. The number of anilines is 1. The first-order valence-electron chi connectivity index (χ1n) is 9.88. The zero-order chi connectivity index (χ0) is 20.3. The van der Waals surface area contributed by atoms with Crippen LogP contribution in [0.3, 0.4) is 0 Å². The molecule has 28 heavy (non-hydrogen) atoms. The van der Waals surface area contributed by atoms with Gasteiger partial charge < -0.3 is 15.0 Å². The van der Waals surface area contributed by atoms with Crippen molar-refractivity contribution in [3.8, 4) is 0 Å². The van der Waals surface area contributed by atoms with Gasteiger partial charge in [-0.3, -0.25) is 14.4 Å². The van der Waals surface area contributed by atoms with E-state index in [9.17, 15) is 14.4 Å². The van der Waals surface area contributed by atoms with Crippen molar-refractivity contribution in [3.05, 3.63) is 27.7 Å². The highest BCUT2D eigenvalue weighted by Crippen LogP contribution is 2.29. The number of halogens is 1. The molecule has 0 radical (unpaired) electrons. The number of hydrogen-bond acceptors (Lipinski definition) is 4. The van der Waals surface area contributed by atoms with Gasteiger partial charge in [-0.25, -0.2) is 0 Å². The molecule has 1 saturated heterocycles. The molecule has 1 aliphatic heterocycles. The Morgan fingerprint density at radius 1 is 1.18 bits per heavy atom. The van der Waals surface area contributed by atoms with Gasteiger partial charge >= 0.3 is 5.97 Å². The number of rotatable bonds is 5. The summed E-state index contributed by atoms with van der Waals surface area (Å²) in [7, 11) is 0. The first-order chi connectivity index (χ1) is 13.3. The Morgan fingerprint density at radius 2 is 1.82 bits per heavy atom. The van der Waals surface area contributed by atoms with Gasteiger partial charge in [-0.1, -0.05) is 35.2 Å². The lowest BCUT2D eigenvalue weighted by Crippen LogP contribution is -2.38. The van der Waals surface area contributed by atoms with E-state index in [0.29, 0.717) is 12.2 Å². The number of carbonyl (C=O) groups is 3. The molecule has 0 unspecified atom stereocenters. The number of likely N-dealkylation sites (tertiary alicyclic amines) is 1. The Kier molecular flexibility index (Phi) is 6.75. The molecule has 1 atom stereocenters. The van der Waals surface area contributed by atoms with Crippen LogP contribution in [0.5, 0.6) is 0 Å². The van der Waals surface area contributed by atoms with Crippen LogP contribution in [0.15, 0.2) is 16.6 Å². The highest BCUT2D eigenvalue weighted by atomic mass is 79.9. The molecule has 2 amide bonds. The lowest BCUT2D eigenvalue weighted by molar-refractivity contribution is -0.151. The van der Waals surface area contributed by atoms with E-state index >= 15 is 0 Å². The molecule has 2 fully saturated rings. The number of carbonyl (C=O) groups excluding carboxylic acids is 3. The molecule has 6 nitrogen and oxygen atoms in total. The minimum atomic E-state index is -0.473. The van der Waals surface area contributed by atoms with Crippen LogP contribution in [-0.4, -0.2) is 41.9 Å². The third-order valence-electron chi connectivity index (χ3n) is 5.57.